The lowest BCUT2D eigenvalue weighted by molar-refractivity contribution is -0.126. The Kier molecular flexibility index (Phi) is 9.74. The molecule has 0 saturated carbocycles. The standard InChI is InChI=1S/C22H25Cl2N3O6/c1-6-32-14-10-15(24)21(33-7-2)16(11-14)26-27-19(12(3)28)22(29)25-20-17(30-4)8-13(23)9-18(20)31-5/h8-11,19H,6-7H2,1-5H3,(H,25,29). The van der Waals surface area contributed by atoms with Gasteiger partial charge in [0.05, 0.1) is 32.5 Å². The second-order valence-electron chi connectivity index (χ2n) is 6.52. The first kappa shape index (κ1) is 26.2. The van der Waals surface area contributed by atoms with E-state index in [9.17, 15) is 9.59 Å². The summed E-state index contributed by atoms with van der Waals surface area (Å²) in [5.41, 5.74) is 0.417. The average Bonchev–Trinajstić information content (AvgIpc) is 2.76. The Morgan fingerprint density at radius 2 is 1.61 bits per heavy atom. The van der Waals surface area contributed by atoms with Crippen molar-refractivity contribution in [3.63, 3.8) is 0 Å². The summed E-state index contributed by atoms with van der Waals surface area (Å²) in [4.78, 5) is 25.2. The van der Waals surface area contributed by atoms with Crippen LogP contribution in [0.1, 0.15) is 20.8 Å². The molecule has 0 bridgehead atoms. The molecule has 2 rings (SSSR count). The Hall–Kier alpha value is -3.04. The number of nitrogens with one attached hydrogen (secondary N) is 1. The summed E-state index contributed by atoms with van der Waals surface area (Å²) in [7, 11) is 2.82. The first-order valence-electron chi connectivity index (χ1n) is 9.98. The summed E-state index contributed by atoms with van der Waals surface area (Å²) in [5, 5.41) is 11.3. The fourth-order valence-corrected chi connectivity index (χ4v) is 3.26. The summed E-state index contributed by atoms with van der Waals surface area (Å²) in [6.45, 7) is 5.56. The third-order valence-corrected chi connectivity index (χ3v) is 4.73. The quantitative estimate of drug-likeness (QED) is 0.324. The van der Waals surface area contributed by atoms with Gasteiger partial charge in [-0.3, -0.25) is 9.59 Å². The molecule has 9 nitrogen and oxygen atoms in total. The Bertz CT molecular complexity index is 1020. The van der Waals surface area contributed by atoms with Gasteiger partial charge in [-0.05, 0) is 20.8 Å². The van der Waals surface area contributed by atoms with E-state index < -0.39 is 17.7 Å². The third kappa shape index (κ3) is 6.72. The van der Waals surface area contributed by atoms with Gasteiger partial charge in [-0.15, -0.1) is 0 Å². The molecule has 33 heavy (non-hydrogen) atoms. The molecule has 0 heterocycles. The van der Waals surface area contributed by atoms with Crippen LogP contribution in [-0.4, -0.2) is 45.2 Å². The SMILES string of the molecule is CCOc1cc(Cl)c(OCC)c(N=NC(C(C)=O)C(=O)Nc2c(OC)cc(Cl)cc2OC)c1. The molecule has 178 valence electrons. The molecule has 0 aromatic heterocycles. The normalized spacial score (nSPS) is 11.7. The van der Waals surface area contributed by atoms with Crippen LogP contribution in [0.5, 0.6) is 23.0 Å². The number of ketones is 1. The van der Waals surface area contributed by atoms with E-state index in [0.717, 1.165) is 0 Å². The largest absolute Gasteiger partial charge is 0.494 e. The van der Waals surface area contributed by atoms with Crippen LogP contribution in [0.2, 0.25) is 10.0 Å². The molecule has 2 aromatic carbocycles. The number of methoxy groups -OCH3 is 2. The topological polar surface area (TPSA) is 108 Å². The lowest BCUT2D eigenvalue weighted by Gasteiger charge is -2.16. The predicted molar refractivity (Wildman–Crippen MR) is 126 cm³/mol. The summed E-state index contributed by atoms with van der Waals surface area (Å²) in [5.74, 6) is -0.0682. The third-order valence-electron chi connectivity index (χ3n) is 4.23. The Morgan fingerprint density at radius 1 is 1.00 bits per heavy atom. The zero-order valence-electron chi connectivity index (χ0n) is 18.9. The molecule has 1 amide bonds. The number of carbonyl (C=O) groups is 2. The average molecular weight is 498 g/mol. The van der Waals surface area contributed by atoms with Crippen LogP contribution in [0.25, 0.3) is 0 Å². The number of ether oxygens (including phenoxy) is 4. The van der Waals surface area contributed by atoms with Crippen LogP contribution >= 0.6 is 23.2 Å². The van der Waals surface area contributed by atoms with Gasteiger partial charge >= 0.3 is 0 Å². The van der Waals surface area contributed by atoms with Crippen molar-refractivity contribution in [2.24, 2.45) is 10.2 Å². The summed E-state index contributed by atoms with van der Waals surface area (Å²) < 4.78 is 21.6. The Labute approximate surface area is 202 Å². The number of azo groups is 1. The van der Waals surface area contributed by atoms with Crippen LogP contribution in [0, 0.1) is 0 Å². The number of Topliss-reactive ketones (excluding diaryl/α,β-unsaturated/α-hetero) is 1. The molecule has 0 aliphatic heterocycles. The van der Waals surface area contributed by atoms with Crippen molar-refractivity contribution in [3.8, 4) is 23.0 Å². The second kappa shape index (κ2) is 12.3. The van der Waals surface area contributed by atoms with E-state index in [1.54, 1.807) is 19.1 Å². The van der Waals surface area contributed by atoms with Crippen molar-refractivity contribution in [1.29, 1.82) is 0 Å². The maximum absolute atomic E-state index is 12.9. The molecule has 11 heteroatoms. The number of rotatable bonds is 11. The van der Waals surface area contributed by atoms with E-state index in [1.165, 1.54) is 33.3 Å². The lowest BCUT2D eigenvalue weighted by Crippen LogP contribution is -2.32. The zero-order valence-corrected chi connectivity index (χ0v) is 20.4. The molecule has 0 fully saturated rings. The lowest BCUT2D eigenvalue weighted by atomic mass is 10.2. The highest BCUT2D eigenvalue weighted by molar-refractivity contribution is 6.32. The van der Waals surface area contributed by atoms with Gasteiger partial charge in [0.1, 0.15) is 28.6 Å². The van der Waals surface area contributed by atoms with Crippen molar-refractivity contribution < 1.29 is 28.5 Å². The minimum absolute atomic E-state index is 0.201. The molecule has 0 aliphatic rings. The molecular formula is C22H25Cl2N3O6. The van der Waals surface area contributed by atoms with E-state index in [4.69, 9.17) is 42.1 Å². The van der Waals surface area contributed by atoms with Gasteiger partial charge < -0.3 is 24.3 Å². The maximum Gasteiger partial charge on any atom is 0.259 e. The van der Waals surface area contributed by atoms with Crippen molar-refractivity contribution in [2.75, 3.05) is 32.8 Å². The molecule has 1 N–H and O–H groups in total. The summed E-state index contributed by atoms with van der Waals surface area (Å²) in [6.07, 6.45) is 0. The first-order chi connectivity index (χ1) is 15.7. The highest BCUT2D eigenvalue weighted by Crippen LogP contribution is 2.40. The minimum atomic E-state index is -1.46. The fraction of sp³-hybridized carbons (Fsp3) is 0.364. The Morgan fingerprint density at radius 3 is 2.12 bits per heavy atom. The number of nitrogens with zero attached hydrogens (tertiary/aromatic N) is 2. The first-order valence-corrected chi connectivity index (χ1v) is 10.7. The number of anilines is 1. The summed E-state index contributed by atoms with van der Waals surface area (Å²) in [6, 6.07) is 4.69. The molecule has 2 aromatic rings. The number of halogens is 2. The molecule has 1 atom stereocenters. The fourth-order valence-electron chi connectivity index (χ4n) is 2.80. The zero-order chi connectivity index (χ0) is 24.5. The van der Waals surface area contributed by atoms with Gasteiger partial charge in [-0.1, -0.05) is 23.2 Å². The van der Waals surface area contributed by atoms with E-state index in [2.05, 4.69) is 15.5 Å². The van der Waals surface area contributed by atoms with Crippen LogP contribution in [0.4, 0.5) is 11.4 Å². The van der Waals surface area contributed by atoms with Gasteiger partial charge in [0, 0.05) is 29.3 Å². The van der Waals surface area contributed by atoms with Crippen molar-refractivity contribution >= 4 is 46.3 Å². The van der Waals surface area contributed by atoms with Crippen LogP contribution in [0.3, 0.4) is 0 Å². The molecule has 0 aliphatic carbocycles. The van der Waals surface area contributed by atoms with Gasteiger partial charge in [-0.25, -0.2) is 0 Å². The highest BCUT2D eigenvalue weighted by Gasteiger charge is 2.26. The molecule has 1 unspecified atom stereocenters. The van der Waals surface area contributed by atoms with Crippen LogP contribution in [-0.2, 0) is 9.59 Å². The molecule has 0 saturated heterocycles. The monoisotopic (exact) mass is 497 g/mol. The maximum atomic E-state index is 12.9. The van der Waals surface area contributed by atoms with Crippen LogP contribution in [0.15, 0.2) is 34.5 Å². The number of amides is 1. The molecule has 0 radical (unpaired) electrons. The van der Waals surface area contributed by atoms with Crippen molar-refractivity contribution in [2.45, 2.75) is 26.8 Å². The number of benzene rings is 2. The minimum Gasteiger partial charge on any atom is -0.494 e. The van der Waals surface area contributed by atoms with Crippen molar-refractivity contribution in [3.05, 3.63) is 34.3 Å². The van der Waals surface area contributed by atoms with Gasteiger partial charge in [-0.2, -0.15) is 10.2 Å². The highest BCUT2D eigenvalue weighted by atomic mass is 35.5. The van der Waals surface area contributed by atoms with Gasteiger partial charge in [0.25, 0.3) is 5.91 Å². The number of hydrogen-bond donors (Lipinski definition) is 1. The van der Waals surface area contributed by atoms with Gasteiger partial charge in [0.15, 0.2) is 11.5 Å². The second-order valence-corrected chi connectivity index (χ2v) is 7.37. The van der Waals surface area contributed by atoms with Crippen molar-refractivity contribution in [1.82, 2.24) is 0 Å². The number of hydrogen-bond acceptors (Lipinski definition) is 8. The van der Waals surface area contributed by atoms with Gasteiger partial charge in [0.2, 0.25) is 6.04 Å². The van der Waals surface area contributed by atoms with E-state index in [1.807, 2.05) is 6.92 Å². The molecule has 0 spiro atoms. The smallest absolute Gasteiger partial charge is 0.259 e. The van der Waals surface area contributed by atoms with E-state index >= 15 is 0 Å². The van der Waals surface area contributed by atoms with E-state index in [-0.39, 0.29) is 33.6 Å². The predicted octanol–water partition coefficient (Wildman–Crippen LogP) is 5.49. The summed E-state index contributed by atoms with van der Waals surface area (Å²) >= 11 is 12.3. The Balaban J connectivity index is 2.41. The van der Waals surface area contributed by atoms with E-state index in [0.29, 0.717) is 24.0 Å². The molecular weight excluding hydrogens is 473 g/mol. The van der Waals surface area contributed by atoms with Crippen LogP contribution < -0.4 is 24.3 Å². The number of carbonyl (C=O) groups excluding carboxylic acids is 2.